The maximum Gasteiger partial charge on any atom is 0.238 e. The second-order valence-corrected chi connectivity index (χ2v) is 9.29. The first-order valence-corrected chi connectivity index (χ1v) is 11.2. The second-order valence-electron chi connectivity index (χ2n) is 6.78. The van der Waals surface area contributed by atoms with Crippen molar-refractivity contribution in [3.05, 3.63) is 59.6 Å². The average Bonchev–Trinajstić information content (AvgIpc) is 2.70. The van der Waals surface area contributed by atoms with Crippen molar-refractivity contribution < 1.29 is 13.2 Å². The van der Waals surface area contributed by atoms with Gasteiger partial charge < -0.3 is 5.32 Å². The van der Waals surface area contributed by atoms with Crippen LogP contribution < -0.4 is 5.32 Å². The maximum atomic E-state index is 12.4. The second kappa shape index (κ2) is 9.52. The Bertz CT molecular complexity index is 898. The predicted molar refractivity (Wildman–Crippen MR) is 111 cm³/mol. The first-order chi connectivity index (χ1) is 13.4. The number of nitrogens with one attached hydrogen (secondary N) is 1. The van der Waals surface area contributed by atoms with E-state index in [9.17, 15) is 13.2 Å². The number of sulfone groups is 1. The van der Waals surface area contributed by atoms with Crippen LogP contribution in [0.3, 0.4) is 0 Å². The molecule has 6 nitrogen and oxygen atoms in total. The molecule has 28 heavy (non-hydrogen) atoms. The number of para-hydroxylation sites is 1. The van der Waals surface area contributed by atoms with Crippen LogP contribution in [0.5, 0.6) is 0 Å². The molecule has 0 saturated carbocycles. The van der Waals surface area contributed by atoms with Gasteiger partial charge in [0.2, 0.25) is 5.91 Å². The maximum absolute atomic E-state index is 12.4. The van der Waals surface area contributed by atoms with Gasteiger partial charge in [0.25, 0.3) is 0 Å². The number of nitrogens with zero attached hydrogens (tertiary/aromatic N) is 2. The minimum Gasteiger partial charge on any atom is -0.324 e. The number of benzene rings is 2. The quantitative estimate of drug-likeness (QED) is 0.743. The van der Waals surface area contributed by atoms with Crippen molar-refractivity contribution in [1.82, 2.24) is 9.80 Å². The van der Waals surface area contributed by atoms with Crippen LogP contribution in [0.2, 0.25) is 5.02 Å². The number of carbonyl (C=O) groups is 1. The Kier molecular flexibility index (Phi) is 7.07. The van der Waals surface area contributed by atoms with Crippen LogP contribution in [0.1, 0.15) is 0 Å². The van der Waals surface area contributed by atoms with Gasteiger partial charge >= 0.3 is 0 Å². The number of rotatable bonds is 7. The van der Waals surface area contributed by atoms with Crippen molar-refractivity contribution >= 4 is 33.0 Å². The smallest absolute Gasteiger partial charge is 0.238 e. The molecule has 0 spiro atoms. The van der Waals surface area contributed by atoms with E-state index in [-0.39, 0.29) is 11.7 Å². The number of hydrogen-bond donors (Lipinski definition) is 1. The summed E-state index contributed by atoms with van der Waals surface area (Å²) >= 11 is 6.06. The fourth-order valence-corrected chi connectivity index (χ4v) is 4.61. The molecule has 0 radical (unpaired) electrons. The molecule has 0 bridgehead atoms. The van der Waals surface area contributed by atoms with Gasteiger partial charge in [0.1, 0.15) is 0 Å². The monoisotopic (exact) mass is 421 g/mol. The number of anilines is 1. The highest BCUT2D eigenvalue weighted by molar-refractivity contribution is 7.91. The Labute approximate surface area is 171 Å². The van der Waals surface area contributed by atoms with Gasteiger partial charge in [0, 0.05) is 32.7 Å². The van der Waals surface area contributed by atoms with E-state index in [0.717, 1.165) is 26.2 Å². The van der Waals surface area contributed by atoms with E-state index < -0.39 is 9.84 Å². The third-order valence-corrected chi connectivity index (χ3v) is 6.80. The van der Waals surface area contributed by atoms with Crippen LogP contribution in [0.25, 0.3) is 0 Å². The topological polar surface area (TPSA) is 69.7 Å². The van der Waals surface area contributed by atoms with Crippen LogP contribution in [-0.4, -0.2) is 69.1 Å². The highest BCUT2D eigenvalue weighted by Gasteiger charge is 2.21. The summed E-state index contributed by atoms with van der Waals surface area (Å²) in [6.45, 7) is 3.72. The third kappa shape index (κ3) is 5.78. The van der Waals surface area contributed by atoms with Gasteiger partial charge in [-0.05, 0) is 24.3 Å². The summed E-state index contributed by atoms with van der Waals surface area (Å²) in [6, 6.07) is 15.7. The van der Waals surface area contributed by atoms with E-state index in [1.165, 1.54) is 0 Å². The third-order valence-electron chi connectivity index (χ3n) is 4.76. The highest BCUT2D eigenvalue weighted by atomic mass is 35.5. The summed E-state index contributed by atoms with van der Waals surface area (Å²) in [5, 5.41) is 3.34. The Morgan fingerprint density at radius 2 is 1.54 bits per heavy atom. The molecule has 1 heterocycles. The SMILES string of the molecule is O=C(CN1CCN(CCS(=O)(=O)c2ccccc2)CC1)Nc1ccccc1Cl. The van der Waals surface area contributed by atoms with Gasteiger partial charge in [0.15, 0.2) is 9.84 Å². The molecule has 1 N–H and O–H groups in total. The van der Waals surface area contributed by atoms with Crippen LogP contribution in [-0.2, 0) is 14.6 Å². The molecule has 2 aromatic rings. The van der Waals surface area contributed by atoms with Crippen molar-refractivity contribution in [1.29, 1.82) is 0 Å². The molecule has 1 aliphatic heterocycles. The summed E-state index contributed by atoms with van der Waals surface area (Å²) in [7, 11) is -3.26. The number of halogens is 1. The Hall–Kier alpha value is -1.93. The van der Waals surface area contributed by atoms with Gasteiger partial charge in [0.05, 0.1) is 27.9 Å². The lowest BCUT2D eigenvalue weighted by Gasteiger charge is -2.34. The molecule has 150 valence electrons. The first-order valence-electron chi connectivity index (χ1n) is 9.21. The van der Waals surface area contributed by atoms with Crippen molar-refractivity contribution in [2.45, 2.75) is 4.90 Å². The molecule has 3 rings (SSSR count). The Morgan fingerprint density at radius 3 is 2.21 bits per heavy atom. The minimum atomic E-state index is -3.26. The molecule has 8 heteroatoms. The average molecular weight is 422 g/mol. The van der Waals surface area contributed by atoms with Gasteiger partial charge in [-0.25, -0.2) is 8.42 Å². The fourth-order valence-electron chi connectivity index (χ4n) is 3.12. The fraction of sp³-hybridized carbons (Fsp3) is 0.350. The van der Waals surface area contributed by atoms with E-state index in [2.05, 4.69) is 15.1 Å². The minimum absolute atomic E-state index is 0.101. The summed E-state index contributed by atoms with van der Waals surface area (Å²) in [5.74, 6) is -0.00232. The zero-order chi connectivity index (χ0) is 20.0. The summed E-state index contributed by atoms with van der Waals surface area (Å²) < 4.78 is 24.8. The highest BCUT2D eigenvalue weighted by Crippen LogP contribution is 2.20. The number of piperazine rings is 1. The zero-order valence-electron chi connectivity index (χ0n) is 15.6. The first kappa shape index (κ1) is 20.8. The van der Waals surface area contributed by atoms with Crippen molar-refractivity contribution in [2.75, 3.05) is 50.3 Å². The summed E-state index contributed by atoms with van der Waals surface area (Å²) in [4.78, 5) is 16.8. The molecule has 0 unspecified atom stereocenters. The van der Waals surface area contributed by atoms with Gasteiger partial charge in [-0.1, -0.05) is 41.9 Å². The largest absolute Gasteiger partial charge is 0.324 e. The lowest BCUT2D eigenvalue weighted by molar-refractivity contribution is -0.117. The van der Waals surface area contributed by atoms with E-state index in [1.807, 2.05) is 12.1 Å². The summed E-state index contributed by atoms with van der Waals surface area (Å²) in [6.07, 6.45) is 0. The molecule has 1 fully saturated rings. The van der Waals surface area contributed by atoms with Gasteiger partial charge in [-0.3, -0.25) is 14.6 Å². The molecule has 1 saturated heterocycles. The number of amides is 1. The van der Waals surface area contributed by atoms with Crippen LogP contribution in [0.4, 0.5) is 5.69 Å². The standard InChI is InChI=1S/C20H24ClN3O3S/c21-18-8-4-5-9-19(18)22-20(25)16-24-12-10-23(11-13-24)14-15-28(26,27)17-6-2-1-3-7-17/h1-9H,10-16H2,(H,22,25). The van der Waals surface area contributed by atoms with Crippen molar-refractivity contribution in [3.63, 3.8) is 0 Å². The van der Waals surface area contributed by atoms with Crippen LogP contribution >= 0.6 is 11.6 Å². The Morgan fingerprint density at radius 1 is 0.929 bits per heavy atom. The molecule has 2 aromatic carbocycles. The predicted octanol–water partition coefficient (Wildman–Crippen LogP) is 2.37. The van der Waals surface area contributed by atoms with E-state index >= 15 is 0 Å². The lowest BCUT2D eigenvalue weighted by atomic mass is 10.3. The molecule has 0 aliphatic carbocycles. The summed E-state index contributed by atoms with van der Waals surface area (Å²) in [5.41, 5.74) is 0.610. The van der Waals surface area contributed by atoms with Crippen molar-refractivity contribution in [2.24, 2.45) is 0 Å². The molecular weight excluding hydrogens is 398 g/mol. The van der Waals surface area contributed by atoms with E-state index in [1.54, 1.807) is 42.5 Å². The molecule has 1 amide bonds. The van der Waals surface area contributed by atoms with Crippen molar-refractivity contribution in [3.8, 4) is 0 Å². The number of carbonyl (C=O) groups excluding carboxylic acids is 1. The van der Waals surface area contributed by atoms with E-state index in [4.69, 9.17) is 11.6 Å². The normalized spacial score (nSPS) is 16.0. The number of hydrogen-bond acceptors (Lipinski definition) is 5. The van der Waals surface area contributed by atoms with Gasteiger partial charge in [-0.15, -0.1) is 0 Å². The lowest BCUT2D eigenvalue weighted by Crippen LogP contribution is -2.49. The van der Waals surface area contributed by atoms with E-state index in [0.29, 0.717) is 28.7 Å². The van der Waals surface area contributed by atoms with Crippen LogP contribution in [0.15, 0.2) is 59.5 Å². The molecule has 0 atom stereocenters. The Balaban J connectivity index is 1.42. The van der Waals surface area contributed by atoms with Crippen LogP contribution in [0, 0.1) is 0 Å². The van der Waals surface area contributed by atoms with Gasteiger partial charge in [-0.2, -0.15) is 0 Å². The zero-order valence-corrected chi connectivity index (χ0v) is 17.1. The molecular formula is C20H24ClN3O3S. The molecule has 1 aliphatic rings. The molecule has 0 aromatic heterocycles.